The van der Waals surface area contributed by atoms with Crippen LogP contribution in [-0.2, 0) is 39.7 Å². The average Bonchev–Trinajstić information content (AvgIpc) is 3.27. The summed E-state index contributed by atoms with van der Waals surface area (Å²) in [6.45, 7) is 0.0532. The molecule has 41 heavy (non-hydrogen) atoms. The van der Waals surface area contributed by atoms with E-state index in [0.717, 1.165) is 16.7 Å². The number of nitrogens with zero attached hydrogens (tertiary/aromatic N) is 1. The van der Waals surface area contributed by atoms with Gasteiger partial charge >= 0.3 is 5.97 Å². The molecule has 1 aliphatic heterocycles. The minimum absolute atomic E-state index is 0.0532. The van der Waals surface area contributed by atoms with Crippen LogP contribution in [0.1, 0.15) is 36.0 Å². The third kappa shape index (κ3) is 6.40. The van der Waals surface area contributed by atoms with Crippen LogP contribution in [0.25, 0.3) is 0 Å². The maximum absolute atomic E-state index is 12.5. The minimum atomic E-state index is -4.82. The normalized spacial score (nSPS) is 15.6. The van der Waals surface area contributed by atoms with Gasteiger partial charge in [-0.3, -0.25) is 14.1 Å². The fourth-order valence-electron chi connectivity index (χ4n) is 4.57. The number of carbonyl (C=O) groups is 3. The van der Waals surface area contributed by atoms with Crippen LogP contribution in [0, 0.1) is 0 Å². The molecule has 1 N–H and O–H groups in total. The molecule has 1 heterocycles. The lowest BCUT2D eigenvalue weighted by molar-refractivity contribution is -0.197. The van der Waals surface area contributed by atoms with E-state index < -0.39 is 45.2 Å². The van der Waals surface area contributed by atoms with E-state index in [-0.39, 0.29) is 24.5 Å². The molecule has 1 atom stereocenters. The zero-order chi connectivity index (χ0) is 29.6. The topological polar surface area (TPSA) is 146 Å². The molecule has 2 amide bonds. The van der Waals surface area contributed by atoms with Crippen molar-refractivity contribution >= 4 is 27.9 Å². The fraction of sp³-hybridized carbons (Fsp3) is 0.276. The SMILES string of the molecule is COc1ccc(C(OCCCC(=O)ON2C(=O)C[C@H](S(=O)(=O)O)C2=O)(c2ccccc2)c2ccc(OC)cc2)cc1. The molecule has 0 saturated carbocycles. The lowest BCUT2D eigenvalue weighted by Crippen LogP contribution is -2.36. The van der Waals surface area contributed by atoms with Crippen molar-refractivity contribution in [1.82, 2.24) is 5.06 Å². The molecule has 0 aliphatic carbocycles. The molecule has 4 rings (SSSR count). The van der Waals surface area contributed by atoms with Gasteiger partial charge in [-0.1, -0.05) is 54.6 Å². The van der Waals surface area contributed by atoms with Crippen LogP contribution in [0.5, 0.6) is 11.5 Å². The van der Waals surface area contributed by atoms with E-state index in [2.05, 4.69) is 0 Å². The quantitative estimate of drug-likeness (QED) is 0.146. The van der Waals surface area contributed by atoms with Crippen LogP contribution in [0.15, 0.2) is 78.9 Å². The van der Waals surface area contributed by atoms with Crippen LogP contribution >= 0.6 is 0 Å². The van der Waals surface area contributed by atoms with Crippen molar-refractivity contribution < 1.29 is 46.4 Å². The number of carbonyl (C=O) groups excluding carboxylic acids is 3. The van der Waals surface area contributed by atoms with Gasteiger partial charge < -0.3 is 19.0 Å². The number of rotatable bonds is 12. The van der Waals surface area contributed by atoms with Crippen LogP contribution in [-0.4, -0.2) is 61.9 Å². The molecule has 0 spiro atoms. The van der Waals surface area contributed by atoms with Gasteiger partial charge in [0.05, 0.1) is 27.1 Å². The second-order valence-corrected chi connectivity index (χ2v) is 10.8. The van der Waals surface area contributed by atoms with Gasteiger partial charge in [0.2, 0.25) is 0 Å². The van der Waals surface area contributed by atoms with E-state index in [1.807, 2.05) is 78.9 Å². The molecule has 1 aliphatic rings. The first kappa shape index (κ1) is 29.7. The summed E-state index contributed by atoms with van der Waals surface area (Å²) in [6, 6.07) is 24.4. The zero-order valence-electron chi connectivity index (χ0n) is 22.4. The summed E-state index contributed by atoms with van der Waals surface area (Å²) in [4.78, 5) is 41.5. The Morgan fingerprint density at radius 3 is 1.85 bits per heavy atom. The number of ether oxygens (including phenoxy) is 3. The number of hydrogen-bond donors (Lipinski definition) is 1. The predicted molar refractivity (Wildman–Crippen MR) is 145 cm³/mol. The monoisotopic (exact) mass is 583 g/mol. The summed E-state index contributed by atoms with van der Waals surface area (Å²) in [5, 5.41) is -1.91. The molecule has 216 valence electrons. The fourth-order valence-corrected chi connectivity index (χ4v) is 5.28. The number of amides is 2. The second-order valence-electron chi connectivity index (χ2n) is 9.15. The Hall–Kier alpha value is -4.26. The van der Waals surface area contributed by atoms with Crippen LogP contribution in [0.2, 0.25) is 0 Å². The molecule has 0 bridgehead atoms. The largest absolute Gasteiger partial charge is 0.497 e. The zero-order valence-corrected chi connectivity index (χ0v) is 23.2. The Morgan fingerprint density at radius 1 is 0.878 bits per heavy atom. The first-order valence-corrected chi connectivity index (χ1v) is 14.1. The molecule has 1 fully saturated rings. The molecule has 0 aromatic heterocycles. The first-order valence-electron chi connectivity index (χ1n) is 12.6. The first-order chi connectivity index (χ1) is 19.6. The lowest BCUT2D eigenvalue weighted by atomic mass is 9.80. The Morgan fingerprint density at radius 2 is 1.39 bits per heavy atom. The van der Waals surface area contributed by atoms with Crippen molar-refractivity contribution in [2.75, 3.05) is 20.8 Å². The van der Waals surface area contributed by atoms with E-state index in [1.54, 1.807) is 14.2 Å². The summed E-state index contributed by atoms with van der Waals surface area (Å²) in [6.07, 6.45) is -0.918. The van der Waals surface area contributed by atoms with Gasteiger partial charge in [0.1, 0.15) is 17.1 Å². The minimum Gasteiger partial charge on any atom is -0.497 e. The van der Waals surface area contributed by atoms with Crippen molar-refractivity contribution in [3.05, 3.63) is 95.6 Å². The van der Waals surface area contributed by atoms with E-state index in [9.17, 15) is 22.8 Å². The summed E-state index contributed by atoms with van der Waals surface area (Å²) < 4.78 is 49.1. The van der Waals surface area contributed by atoms with Gasteiger partial charge in [0.15, 0.2) is 5.25 Å². The molecule has 12 heteroatoms. The Kier molecular flexibility index (Phi) is 9.06. The van der Waals surface area contributed by atoms with Crippen molar-refractivity contribution in [1.29, 1.82) is 0 Å². The standard InChI is InChI=1S/C29H29NO10S/c1-37-23-14-10-21(11-15-23)29(20-7-4-3-5-8-20,22-12-16-24(38-2)17-13-22)39-18-6-9-27(32)40-30-26(31)19-25(28(30)33)41(34,35)36/h3-5,7-8,10-17,25H,6,9,18-19H2,1-2H3,(H,34,35,36)/t25-/m0/s1. The van der Waals surface area contributed by atoms with Crippen molar-refractivity contribution in [3.8, 4) is 11.5 Å². The maximum Gasteiger partial charge on any atom is 0.333 e. The van der Waals surface area contributed by atoms with Crippen molar-refractivity contribution in [3.63, 3.8) is 0 Å². The van der Waals surface area contributed by atoms with E-state index in [4.69, 9.17) is 23.6 Å². The molecule has 0 radical (unpaired) electrons. The molecule has 0 unspecified atom stereocenters. The highest BCUT2D eigenvalue weighted by molar-refractivity contribution is 7.87. The van der Waals surface area contributed by atoms with Gasteiger partial charge in [-0.05, 0) is 47.4 Å². The van der Waals surface area contributed by atoms with Crippen molar-refractivity contribution in [2.24, 2.45) is 0 Å². The molecule has 11 nitrogen and oxygen atoms in total. The number of imide groups is 1. The molecule has 3 aromatic rings. The third-order valence-electron chi connectivity index (χ3n) is 6.63. The van der Waals surface area contributed by atoms with E-state index in [0.29, 0.717) is 11.5 Å². The maximum atomic E-state index is 12.5. The predicted octanol–water partition coefficient (Wildman–Crippen LogP) is 3.27. The van der Waals surface area contributed by atoms with Gasteiger partial charge in [0, 0.05) is 6.61 Å². The number of methoxy groups -OCH3 is 2. The van der Waals surface area contributed by atoms with Crippen LogP contribution in [0.4, 0.5) is 0 Å². The van der Waals surface area contributed by atoms with Crippen molar-refractivity contribution in [2.45, 2.75) is 30.1 Å². The summed E-state index contributed by atoms with van der Waals surface area (Å²) >= 11 is 0. The van der Waals surface area contributed by atoms with Gasteiger partial charge in [-0.15, -0.1) is 5.06 Å². The highest BCUT2D eigenvalue weighted by Crippen LogP contribution is 2.41. The summed E-state index contributed by atoms with van der Waals surface area (Å²) in [7, 11) is -1.67. The molecule has 1 saturated heterocycles. The van der Waals surface area contributed by atoms with Gasteiger partial charge in [-0.25, -0.2) is 4.79 Å². The van der Waals surface area contributed by atoms with Crippen LogP contribution < -0.4 is 9.47 Å². The number of hydrogen-bond acceptors (Lipinski definition) is 9. The van der Waals surface area contributed by atoms with E-state index in [1.165, 1.54) is 0 Å². The number of hydroxylamine groups is 2. The average molecular weight is 584 g/mol. The number of benzene rings is 3. The molecular formula is C29H29NO10S. The van der Waals surface area contributed by atoms with Gasteiger partial charge in [0.25, 0.3) is 21.9 Å². The Labute approximate surface area is 237 Å². The Bertz CT molecular complexity index is 1440. The second kappa shape index (κ2) is 12.5. The molecular weight excluding hydrogens is 554 g/mol. The van der Waals surface area contributed by atoms with Crippen LogP contribution in [0.3, 0.4) is 0 Å². The highest BCUT2D eigenvalue weighted by Gasteiger charge is 2.48. The smallest absolute Gasteiger partial charge is 0.333 e. The van der Waals surface area contributed by atoms with Gasteiger partial charge in [-0.2, -0.15) is 8.42 Å². The Balaban J connectivity index is 1.56. The highest BCUT2D eigenvalue weighted by atomic mass is 32.2. The molecule has 3 aromatic carbocycles. The van der Waals surface area contributed by atoms with E-state index >= 15 is 0 Å². The third-order valence-corrected chi connectivity index (χ3v) is 7.72. The lowest BCUT2D eigenvalue weighted by Gasteiger charge is -2.36. The summed E-state index contributed by atoms with van der Waals surface area (Å²) in [5.41, 5.74) is 1.30. The summed E-state index contributed by atoms with van der Waals surface area (Å²) in [5.74, 6) is -1.97.